The van der Waals surface area contributed by atoms with Crippen LogP contribution in [0.15, 0.2) is 5.11 Å². The quantitative estimate of drug-likeness (QED) is 0.211. The summed E-state index contributed by atoms with van der Waals surface area (Å²) in [6.07, 6.45) is -3.73. The highest BCUT2D eigenvalue weighted by Gasteiger charge is 2.55. The van der Waals surface area contributed by atoms with E-state index in [0.717, 1.165) is 0 Å². The fourth-order valence-electron chi connectivity index (χ4n) is 2.35. The van der Waals surface area contributed by atoms with E-state index in [2.05, 4.69) is 77.8 Å². The number of hydrogen-bond donors (Lipinski definition) is 1. The van der Waals surface area contributed by atoms with Crippen molar-refractivity contribution in [1.82, 2.24) is 0 Å². The van der Waals surface area contributed by atoms with Crippen LogP contribution in [0.5, 0.6) is 0 Å². The van der Waals surface area contributed by atoms with Gasteiger partial charge in [-0.15, -0.1) is 0 Å². The molecule has 28 heavy (non-hydrogen) atoms. The molecule has 0 aliphatic carbocycles. The number of ether oxygens (including phenoxy) is 1. The van der Waals surface area contributed by atoms with Crippen LogP contribution >= 0.6 is 0 Å². The van der Waals surface area contributed by atoms with Gasteiger partial charge in [-0.25, -0.2) is 4.79 Å². The number of hydrogen-bond acceptors (Lipinski definition) is 6. The van der Waals surface area contributed by atoms with Crippen LogP contribution < -0.4 is 0 Å². The Morgan fingerprint density at radius 2 is 1.57 bits per heavy atom. The van der Waals surface area contributed by atoms with Crippen molar-refractivity contribution in [3.63, 3.8) is 0 Å². The Labute approximate surface area is 170 Å². The first kappa shape index (κ1) is 25.1. The van der Waals surface area contributed by atoms with Gasteiger partial charge in [0.15, 0.2) is 28.8 Å². The first-order chi connectivity index (χ1) is 12.4. The molecule has 4 atom stereocenters. The molecule has 0 spiro atoms. The zero-order valence-corrected chi connectivity index (χ0v) is 20.9. The maximum atomic E-state index is 12.7. The molecule has 0 radical (unpaired) electrons. The number of carbonyl (C=O) groups excluding carboxylic acids is 1. The first-order valence-electron chi connectivity index (χ1n) is 9.69. The zero-order valence-electron chi connectivity index (χ0n) is 18.9. The van der Waals surface area contributed by atoms with Gasteiger partial charge in [-0.2, -0.15) is 0 Å². The van der Waals surface area contributed by atoms with E-state index < -0.39 is 47.0 Å². The summed E-state index contributed by atoms with van der Waals surface area (Å²) in [5.74, 6) is -0.529. The average molecular weight is 432 g/mol. The maximum absolute atomic E-state index is 12.7. The third-order valence-corrected chi connectivity index (χ3v) is 15.2. The summed E-state index contributed by atoms with van der Waals surface area (Å²) in [5, 5.41) is 13.7. The summed E-state index contributed by atoms with van der Waals surface area (Å²) >= 11 is 0. The van der Waals surface area contributed by atoms with Crippen LogP contribution in [0.3, 0.4) is 0 Å². The van der Waals surface area contributed by atoms with E-state index in [-0.39, 0.29) is 16.6 Å². The van der Waals surface area contributed by atoms with Gasteiger partial charge in [0.1, 0.15) is 6.10 Å². The molecule has 1 saturated heterocycles. The molecule has 10 heteroatoms. The van der Waals surface area contributed by atoms with Gasteiger partial charge in [-0.3, -0.25) is 0 Å². The summed E-state index contributed by atoms with van der Waals surface area (Å²) < 4.78 is 18.4. The second-order valence-corrected chi connectivity index (χ2v) is 20.0. The summed E-state index contributed by atoms with van der Waals surface area (Å²) in [6.45, 7) is 20.7. The summed E-state index contributed by atoms with van der Waals surface area (Å²) in [7, 11) is -4.59. The van der Waals surface area contributed by atoms with Gasteiger partial charge in [0.2, 0.25) is 0 Å². The number of esters is 1. The Hall–Kier alpha value is -0.906. The molecule has 0 saturated carbocycles. The van der Waals surface area contributed by atoms with Crippen LogP contribution in [0.2, 0.25) is 36.3 Å². The minimum Gasteiger partial charge on any atom is -0.455 e. The van der Waals surface area contributed by atoms with Gasteiger partial charge >= 0.3 is 5.97 Å². The van der Waals surface area contributed by atoms with Crippen molar-refractivity contribution < 1.29 is 23.5 Å². The van der Waals surface area contributed by atoms with Crippen molar-refractivity contribution in [3.05, 3.63) is 10.4 Å². The van der Waals surface area contributed by atoms with E-state index in [0.29, 0.717) is 0 Å². The Balaban J connectivity index is 3.27. The lowest BCUT2D eigenvalue weighted by molar-refractivity contribution is -0.149. The van der Waals surface area contributed by atoms with Crippen LogP contribution in [0.4, 0.5) is 0 Å². The molecule has 1 fully saturated rings. The largest absolute Gasteiger partial charge is 0.455 e. The molecular formula is C18H37N3O5Si2. The van der Waals surface area contributed by atoms with Gasteiger partial charge in [-0.1, -0.05) is 46.7 Å². The minimum absolute atomic E-state index is 0.0968. The van der Waals surface area contributed by atoms with Gasteiger partial charge < -0.3 is 18.7 Å². The van der Waals surface area contributed by atoms with E-state index in [1.54, 1.807) is 0 Å². The molecule has 1 heterocycles. The van der Waals surface area contributed by atoms with Gasteiger partial charge in [0, 0.05) is 4.91 Å². The molecule has 1 N–H and O–H groups in total. The predicted molar refractivity (Wildman–Crippen MR) is 114 cm³/mol. The number of aliphatic hydroxyl groups excluding tert-OH is 1. The summed E-state index contributed by atoms with van der Waals surface area (Å²) in [6, 6.07) is 0. The van der Waals surface area contributed by atoms with Crippen LogP contribution in [0.1, 0.15) is 41.5 Å². The summed E-state index contributed by atoms with van der Waals surface area (Å²) in [5.41, 5.74) is 8.56. The number of rotatable bonds is 7. The molecule has 0 aromatic rings. The SMILES string of the molecule is CC(C)(C)[Si](C)(C)O[C@H]1[C@H]([C@@H](O)CN=[N+]=[N-])OC(=O)[C@@H]1O[Si](C)(C)C(C)(C)C. The van der Waals surface area contributed by atoms with Crippen LogP contribution in [0, 0.1) is 0 Å². The van der Waals surface area contributed by atoms with Crippen molar-refractivity contribution >= 4 is 22.6 Å². The van der Waals surface area contributed by atoms with Crippen LogP contribution in [-0.4, -0.2) is 58.7 Å². The zero-order chi connectivity index (χ0) is 22.1. The predicted octanol–water partition coefficient (Wildman–Crippen LogP) is 4.36. The maximum Gasteiger partial charge on any atom is 0.337 e. The third kappa shape index (κ3) is 5.58. The fraction of sp³-hybridized carbons (Fsp3) is 0.944. The van der Waals surface area contributed by atoms with E-state index in [4.69, 9.17) is 19.1 Å². The monoisotopic (exact) mass is 431 g/mol. The second kappa shape index (κ2) is 8.45. The fourth-order valence-corrected chi connectivity index (χ4v) is 4.86. The van der Waals surface area contributed by atoms with Gasteiger partial charge in [0.05, 0.1) is 12.6 Å². The Morgan fingerprint density at radius 1 is 1.11 bits per heavy atom. The number of carbonyl (C=O) groups is 1. The lowest BCUT2D eigenvalue weighted by Gasteiger charge is -2.42. The molecule has 0 bridgehead atoms. The molecule has 8 nitrogen and oxygen atoms in total. The molecule has 0 amide bonds. The molecule has 0 aromatic carbocycles. The topological polar surface area (TPSA) is 114 Å². The van der Waals surface area contributed by atoms with Crippen molar-refractivity contribution in [3.8, 4) is 0 Å². The third-order valence-electron chi connectivity index (χ3n) is 6.28. The summed E-state index contributed by atoms with van der Waals surface area (Å²) in [4.78, 5) is 15.4. The number of aliphatic hydroxyl groups is 1. The van der Waals surface area contributed by atoms with E-state index >= 15 is 0 Å². The van der Waals surface area contributed by atoms with E-state index in [1.165, 1.54) is 0 Å². The van der Waals surface area contributed by atoms with Gasteiger partial charge in [0.25, 0.3) is 0 Å². The molecule has 1 aliphatic heterocycles. The average Bonchev–Trinajstić information content (AvgIpc) is 2.78. The molecule has 0 aromatic heterocycles. The molecule has 0 unspecified atom stereocenters. The first-order valence-corrected chi connectivity index (χ1v) is 15.5. The molecule has 1 rings (SSSR count). The normalized spacial score (nSPS) is 25.2. The van der Waals surface area contributed by atoms with Gasteiger partial charge in [-0.05, 0) is 41.8 Å². The second-order valence-electron chi connectivity index (χ2n) is 10.5. The standard InChI is InChI=1S/C18H37N3O5Si2/c1-17(2,3)27(7,8)25-14-13(12(22)11-20-21-19)24-16(23)15(14)26-28(9,10)18(4,5)6/h12-15,22H,11H2,1-10H3/t12-,13-,14-,15+/m0/s1. The molecule has 162 valence electrons. The highest BCUT2D eigenvalue weighted by molar-refractivity contribution is 6.74. The Bertz CT molecular complexity index is 622. The van der Waals surface area contributed by atoms with Crippen LogP contribution in [0.25, 0.3) is 10.4 Å². The van der Waals surface area contributed by atoms with E-state index in [1.807, 2.05) is 0 Å². The number of cyclic esters (lactones) is 1. The smallest absolute Gasteiger partial charge is 0.337 e. The number of azide groups is 1. The van der Waals surface area contributed by atoms with Crippen molar-refractivity contribution in [1.29, 1.82) is 0 Å². The molecule has 1 aliphatic rings. The highest BCUT2D eigenvalue weighted by Crippen LogP contribution is 2.42. The lowest BCUT2D eigenvalue weighted by atomic mass is 10.1. The minimum atomic E-state index is -2.29. The van der Waals surface area contributed by atoms with E-state index in [9.17, 15) is 9.90 Å². The Kier molecular flexibility index (Phi) is 7.59. The molecular weight excluding hydrogens is 394 g/mol. The van der Waals surface area contributed by atoms with Crippen LogP contribution in [-0.2, 0) is 18.4 Å². The number of nitrogens with zero attached hydrogens (tertiary/aromatic N) is 3. The van der Waals surface area contributed by atoms with Crippen molar-refractivity contribution in [2.75, 3.05) is 6.54 Å². The Morgan fingerprint density at radius 3 is 2.00 bits per heavy atom. The van der Waals surface area contributed by atoms with Crippen molar-refractivity contribution in [2.45, 2.75) is 102 Å². The van der Waals surface area contributed by atoms with Crippen molar-refractivity contribution in [2.24, 2.45) is 5.11 Å². The highest BCUT2D eigenvalue weighted by atomic mass is 28.4. The lowest BCUT2D eigenvalue weighted by Crippen LogP contribution is -2.55.